The average molecular weight is 549 g/mol. The number of nitrogens with zero attached hydrogens (tertiary/aromatic N) is 4. The second kappa shape index (κ2) is 8.30. The van der Waals surface area contributed by atoms with Gasteiger partial charge in [-0.1, -0.05) is 103 Å². The molecule has 5 heteroatoms. The van der Waals surface area contributed by atoms with E-state index in [1.807, 2.05) is 36.4 Å². The molecule has 0 radical (unpaired) electrons. The molecule has 0 saturated heterocycles. The number of hydrogen-bond acceptors (Lipinski definition) is 5. The summed E-state index contributed by atoms with van der Waals surface area (Å²) in [6.45, 7) is 0. The fourth-order valence-corrected chi connectivity index (χ4v) is 6.76. The highest BCUT2D eigenvalue weighted by atomic mass is 16.3. The first kappa shape index (κ1) is 22.7. The standard InChI is InChI=1S/C38H20N4O/c1-2-11-22-21(10-1)20-29(24-13-4-3-12-23(22)24)37-40-35-26-15-6-5-14-25(26)34-33(35)38(42-37)41-36(39-34)28-17-9-19-31-32(28)27-16-7-8-18-30(27)43-31/h1-20H. The number of rotatable bonds is 2. The van der Waals surface area contributed by atoms with Crippen molar-refractivity contribution in [3.63, 3.8) is 0 Å². The summed E-state index contributed by atoms with van der Waals surface area (Å²) in [7, 11) is 0. The van der Waals surface area contributed by atoms with Crippen molar-refractivity contribution in [3.05, 3.63) is 121 Å². The van der Waals surface area contributed by atoms with Gasteiger partial charge in [-0.25, -0.2) is 19.9 Å². The summed E-state index contributed by atoms with van der Waals surface area (Å²) in [5, 5.41) is 7.60. The van der Waals surface area contributed by atoms with E-state index in [0.717, 1.165) is 71.7 Å². The summed E-state index contributed by atoms with van der Waals surface area (Å²) in [5.41, 5.74) is 8.04. The molecule has 198 valence electrons. The van der Waals surface area contributed by atoms with Crippen LogP contribution < -0.4 is 0 Å². The molecule has 0 amide bonds. The Balaban J connectivity index is 1.31. The molecule has 0 N–H and O–H groups in total. The summed E-state index contributed by atoms with van der Waals surface area (Å²) < 4.78 is 6.20. The maximum atomic E-state index is 6.20. The van der Waals surface area contributed by atoms with E-state index in [1.165, 1.54) is 10.8 Å². The lowest BCUT2D eigenvalue weighted by atomic mass is 9.97. The minimum absolute atomic E-state index is 0.621. The van der Waals surface area contributed by atoms with E-state index in [9.17, 15) is 0 Å². The second-order valence-electron chi connectivity index (χ2n) is 11.0. The Labute approximate surface area is 245 Å². The Morgan fingerprint density at radius 2 is 0.977 bits per heavy atom. The molecule has 0 spiro atoms. The molecule has 3 aromatic heterocycles. The topological polar surface area (TPSA) is 64.7 Å². The van der Waals surface area contributed by atoms with Crippen LogP contribution in [0.4, 0.5) is 0 Å². The van der Waals surface area contributed by atoms with Crippen molar-refractivity contribution in [2.45, 2.75) is 0 Å². The van der Waals surface area contributed by atoms with Crippen molar-refractivity contribution in [2.24, 2.45) is 0 Å². The van der Waals surface area contributed by atoms with Gasteiger partial charge in [0.25, 0.3) is 0 Å². The molecule has 6 aromatic carbocycles. The summed E-state index contributed by atoms with van der Waals surface area (Å²) >= 11 is 0. The van der Waals surface area contributed by atoms with Crippen LogP contribution in [0.1, 0.15) is 0 Å². The van der Waals surface area contributed by atoms with Crippen LogP contribution >= 0.6 is 0 Å². The lowest BCUT2D eigenvalue weighted by molar-refractivity contribution is 0.669. The average Bonchev–Trinajstić information content (AvgIpc) is 3.61. The molecular weight excluding hydrogens is 528 g/mol. The third-order valence-electron chi connectivity index (χ3n) is 8.65. The number of aromatic nitrogens is 4. The van der Waals surface area contributed by atoms with E-state index < -0.39 is 0 Å². The number of fused-ring (bicyclic) bond motifs is 9. The van der Waals surface area contributed by atoms with E-state index >= 15 is 0 Å². The molecule has 10 rings (SSSR count). The first-order chi connectivity index (χ1) is 21.3. The molecule has 0 unspecified atom stereocenters. The molecule has 0 fully saturated rings. The Hall–Kier alpha value is -5.94. The number of hydrogen-bond donors (Lipinski definition) is 0. The summed E-state index contributed by atoms with van der Waals surface area (Å²) in [4.78, 5) is 20.7. The minimum Gasteiger partial charge on any atom is -0.456 e. The van der Waals surface area contributed by atoms with Gasteiger partial charge in [0.2, 0.25) is 0 Å². The van der Waals surface area contributed by atoms with Gasteiger partial charge in [-0.05, 0) is 39.7 Å². The van der Waals surface area contributed by atoms with E-state index in [-0.39, 0.29) is 0 Å². The van der Waals surface area contributed by atoms with Gasteiger partial charge in [-0.15, -0.1) is 0 Å². The summed E-state index contributed by atoms with van der Waals surface area (Å²) in [6.07, 6.45) is 0. The van der Waals surface area contributed by atoms with Crippen LogP contribution in [0, 0.1) is 0 Å². The lowest BCUT2D eigenvalue weighted by Crippen LogP contribution is -1.99. The fourth-order valence-electron chi connectivity index (χ4n) is 6.76. The molecule has 3 heterocycles. The van der Waals surface area contributed by atoms with Crippen molar-refractivity contribution in [2.75, 3.05) is 0 Å². The smallest absolute Gasteiger partial charge is 0.168 e. The van der Waals surface area contributed by atoms with E-state index in [0.29, 0.717) is 17.3 Å². The van der Waals surface area contributed by atoms with Crippen LogP contribution in [-0.2, 0) is 0 Å². The van der Waals surface area contributed by atoms with E-state index in [2.05, 4.69) is 84.9 Å². The van der Waals surface area contributed by atoms with Crippen LogP contribution in [0.15, 0.2) is 126 Å². The third-order valence-corrected chi connectivity index (χ3v) is 8.65. The molecule has 1 aliphatic rings. The highest BCUT2D eigenvalue weighted by Crippen LogP contribution is 2.47. The number of para-hydroxylation sites is 1. The van der Waals surface area contributed by atoms with Crippen molar-refractivity contribution in [3.8, 4) is 45.3 Å². The van der Waals surface area contributed by atoms with Crippen LogP contribution in [0.5, 0.6) is 0 Å². The SMILES string of the molecule is c1ccc2c(c1)-c1nc(-c3cc4ccccc4c4ccccc34)nc3nc(-c4cccc5oc6ccccc6c45)nc-2c13. The molecule has 0 atom stereocenters. The molecule has 1 aliphatic carbocycles. The zero-order valence-electron chi connectivity index (χ0n) is 22.7. The quantitative estimate of drug-likeness (QED) is 0.201. The highest BCUT2D eigenvalue weighted by molar-refractivity contribution is 6.16. The molecule has 0 saturated carbocycles. The van der Waals surface area contributed by atoms with Gasteiger partial charge in [-0.3, -0.25) is 0 Å². The molecule has 43 heavy (non-hydrogen) atoms. The monoisotopic (exact) mass is 548 g/mol. The molecule has 9 aromatic rings. The summed E-state index contributed by atoms with van der Waals surface area (Å²) in [5.74, 6) is 1.28. The summed E-state index contributed by atoms with van der Waals surface area (Å²) in [6, 6.07) is 41.7. The lowest BCUT2D eigenvalue weighted by Gasteiger charge is -2.12. The largest absolute Gasteiger partial charge is 0.456 e. The van der Waals surface area contributed by atoms with Crippen LogP contribution in [0.2, 0.25) is 0 Å². The first-order valence-electron chi connectivity index (χ1n) is 14.3. The van der Waals surface area contributed by atoms with Crippen molar-refractivity contribution < 1.29 is 4.42 Å². The predicted molar refractivity (Wildman–Crippen MR) is 173 cm³/mol. The van der Waals surface area contributed by atoms with E-state index in [1.54, 1.807) is 0 Å². The normalized spacial score (nSPS) is 12.2. The van der Waals surface area contributed by atoms with Crippen LogP contribution in [0.3, 0.4) is 0 Å². The van der Waals surface area contributed by atoms with Gasteiger partial charge in [0.1, 0.15) is 11.2 Å². The number of benzene rings is 6. The van der Waals surface area contributed by atoms with E-state index in [4.69, 9.17) is 24.4 Å². The minimum atomic E-state index is 0.621. The Bertz CT molecular complexity index is 2640. The van der Waals surface area contributed by atoms with Gasteiger partial charge in [0.15, 0.2) is 17.3 Å². The van der Waals surface area contributed by atoms with Gasteiger partial charge < -0.3 is 4.42 Å². The Morgan fingerprint density at radius 1 is 0.395 bits per heavy atom. The van der Waals surface area contributed by atoms with Crippen LogP contribution in [-0.4, -0.2) is 19.9 Å². The maximum Gasteiger partial charge on any atom is 0.168 e. The fraction of sp³-hybridized carbons (Fsp3) is 0. The zero-order valence-corrected chi connectivity index (χ0v) is 22.7. The number of furan rings is 1. The molecular formula is C38H20N4O. The van der Waals surface area contributed by atoms with Crippen molar-refractivity contribution >= 4 is 54.5 Å². The van der Waals surface area contributed by atoms with Gasteiger partial charge in [0.05, 0.1) is 16.8 Å². The Morgan fingerprint density at radius 3 is 1.77 bits per heavy atom. The molecule has 0 bridgehead atoms. The Kier molecular flexibility index (Phi) is 4.39. The van der Waals surface area contributed by atoms with Gasteiger partial charge >= 0.3 is 0 Å². The highest BCUT2D eigenvalue weighted by Gasteiger charge is 2.28. The van der Waals surface area contributed by atoms with Crippen molar-refractivity contribution in [1.29, 1.82) is 0 Å². The maximum absolute atomic E-state index is 6.20. The molecule has 5 nitrogen and oxygen atoms in total. The second-order valence-corrected chi connectivity index (χ2v) is 11.0. The zero-order chi connectivity index (χ0) is 28.1. The van der Waals surface area contributed by atoms with Gasteiger partial charge in [-0.2, -0.15) is 0 Å². The first-order valence-corrected chi connectivity index (χ1v) is 14.3. The van der Waals surface area contributed by atoms with Crippen molar-refractivity contribution in [1.82, 2.24) is 19.9 Å². The predicted octanol–water partition coefficient (Wildman–Crippen LogP) is 9.61. The molecule has 0 aliphatic heterocycles. The van der Waals surface area contributed by atoms with Crippen LogP contribution in [0.25, 0.3) is 99.8 Å². The van der Waals surface area contributed by atoms with Gasteiger partial charge in [0, 0.05) is 33.0 Å². The third kappa shape index (κ3) is 3.11.